The number of aryl methyl sites for hydroxylation is 1. The minimum Gasteiger partial charge on any atom is -0.454 e. The fraction of sp³-hybridized carbons (Fsp3) is 0.348. The van der Waals surface area contributed by atoms with Crippen molar-refractivity contribution in [1.82, 2.24) is 4.90 Å². The zero-order valence-corrected chi connectivity index (χ0v) is 15.3. The van der Waals surface area contributed by atoms with E-state index >= 15 is 0 Å². The van der Waals surface area contributed by atoms with Gasteiger partial charge in [0.15, 0.2) is 0 Å². The molecule has 0 bridgehead atoms. The van der Waals surface area contributed by atoms with Gasteiger partial charge in [-0.05, 0) is 48.1 Å². The van der Waals surface area contributed by atoms with Gasteiger partial charge in [0.05, 0.1) is 5.57 Å². The molecule has 1 atom stereocenters. The summed E-state index contributed by atoms with van der Waals surface area (Å²) < 4.78 is 6.00. The van der Waals surface area contributed by atoms with Crippen LogP contribution in [0.2, 0.25) is 0 Å². The van der Waals surface area contributed by atoms with Crippen molar-refractivity contribution >= 4 is 11.5 Å². The molecule has 26 heavy (non-hydrogen) atoms. The Kier molecular flexibility index (Phi) is 4.89. The van der Waals surface area contributed by atoms with Gasteiger partial charge in [0.25, 0.3) is 0 Å². The Morgan fingerprint density at radius 1 is 1.08 bits per heavy atom. The molecule has 1 aliphatic carbocycles. The molecule has 0 N–H and O–H groups in total. The zero-order chi connectivity index (χ0) is 17.9. The molecule has 1 unspecified atom stereocenters. The molecule has 0 saturated heterocycles. The van der Waals surface area contributed by atoms with Crippen molar-refractivity contribution in [3.8, 4) is 0 Å². The second-order valence-electron chi connectivity index (χ2n) is 7.07. The maximum absolute atomic E-state index is 13.1. The van der Waals surface area contributed by atoms with Crippen LogP contribution in [0.25, 0.3) is 5.57 Å². The SMILES string of the molecule is CCN1CCC(c2ccccc2)=C(C(=O)OC2CCc3ccccc32)C1. The number of carbonyl (C=O) groups excluding carboxylic acids is 1. The molecule has 4 rings (SSSR count). The minimum absolute atomic E-state index is 0.111. The third-order valence-electron chi connectivity index (χ3n) is 5.57. The Hall–Kier alpha value is -2.39. The molecule has 2 aromatic rings. The topological polar surface area (TPSA) is 29.5 Å². The highest BCUT2D eigenvalue weighted by molar-refractivity contribution is 5.98. The molecule has 0 radical (unpaired) electrons. The maximum atomic E-state index is 13.1. The Balaban J connectivity index is 1.62. The third kappa shape index (κ3) is 3.32. The van der Waals surface area contributed by atoms with Gasteiger partial charge < -0.3 is 4.74 Å². The molecule has 2 aliphatic rings. The standard InChI is InChI=1S/C23H25NO2/c1-2-24-15-14-19(17-8-4-3-5-9-17)21(16-24)23(25)26-22-13-12-18-10-6-7-11-20(18)22/h3-11,22H,2,12-16H2,1H3. The molecule has 1 heterocycles. The molecule has 3 heteroatoms. The lowest BCUT2D eigenvalue weighted by Crippen LogP contribution is -2.34. The van der Waals surface area contributed by atoms with Crippen LogP contribution in [0.1, 0.15) is 42.6 Å². The van der Waals surface area contributed by atoms with Crippen molar-refractivity contribution < 1.29 is 9.53 Å². The van der Waals surface area contributed by atoms with Crippen LogP contribution < -0.4 is 0 Å². The molecule has 2 aromatic carbocycles. The Morgan fingerprint density at radius 2 is 1.85 bits per heavy atom. The largest absolute Gasteiger partial charge is 0.454 e. The number of carbonyl (C=O) groups is 1. The molecular weight excluding hydrogens is 322 g/mol. The van der Waals surface area contributed by atoms with Gasteiger partial charge in [0, 0.05) is 13.1 Å². The van der Waals surface area contributed by atoms with Crippen LogP contribution in [0, 0.1) is 0 Å². The molecular formula is C23H25NO2. The third-order valence-corrected chi connectivity index (χ3v) is 5.57. The monoisotopic (exact) mass is 347 g/mol. The van der Waals surface area contributed by atoms with E-state index in [1.807, 2.05) is 24.3 Å². The lowest BCUT2D eigenvalue weighted by molar-refractivity contribution is -0.144. The number of rotatable bonds is 4. The van der Waals surface area contributed by atoms with Crippen molar-refractivity contribution in [2.75, 3.05) is 19.6 Å². The number of likely N-dealkylation sites (N-methyl/N-ethyl adjacent to an activating group) is 1. The quantitative estimate of drug-likeness (QED) is 0.768. The fourth-order valence-electron chi connectivity index (χ4n) is 4.08. The van der Waals surface area contributed by atoms with Crippen molar-refractivity contribution in [3.63, 3.8) is 0 Å². The van der Waals surface area contributed by atoms with E-state index in [0.29, 0.717) is 6.54 Å². The Morgan fingerprint density at radius 3 is 2.65 bits per heavy atom. The van der Waals surface area contributed by atoms with Gasteiger partial charge in [-0.25, -0.2) is 4.79 Å². The van der Waals surface area contributed by atoms with Gasteiger partial charge in [0.2, 0.25) is 0 Å². The van der Waals surface area contributed by atoms with Crippen LogP contribution in [0.15, 0.2) is 60.2 Å². The van der Waals surface area contributed by atoms with Gasteiger partial charge in [-0.1, -0.05) is 61.5 Å². The molecule has 0 fully saturated rings. The second-order valence-corrected chi connectivity index (χ2v) is 7.07. The summed E-state index contributed by atoms with van der Waals surface area (Å²) in [6, 6.07) is 18.6. The second kappa shape index (κ2) is 7.46. The number of hydrogen-bond donors (Lipinski definition) is 0. The summed E-state index contributed by atoms with van der Waals surface area (Å²) in [4.78, 5) is 15.4. The summed E-state index contributed by atoms with van der Waals surface area (Å²) >= 11 is 0. The first-order valence-electron chi connectivity index (χ1n) is 9.55. The lowest BCUT2D eigenvalue weighted by Gasteiger charge is -2.29. The van der Waals surface area contributed by atoms with Crippen LogP contribution >= 0.6 is 0 Å². The first-order valence-corrected chi connectivity index (χ1v) is 9.55. The summed E-state index contributed by atoms with van der Waals surface area (Å²) in [5, 5.41) is 0. The Labute approximate surface area is 155 Å². The average molecular weight is 347 g/mol. The first-order chi connectivity index (χ1) is 12.8. The van der Waals surface area contributed by atoms with Crippen LogP contribution in [0.4, 0.5) is 0 Å². The summed E-state index contributed by atoms with van der Waals surface area (Å²) in [6.07, 6.45) is 2.65. The zero-order valence-electron chi connectivity index (χ0n) is 15.3. The lowest BCUT2D eigenvalue weighted by atomic mass is 9.93. The molecule has 134 valence electrons. The number of esters is 1. The number of nitrogens with zero attached hydrogens (tertiary/aromatic N) is 1. The van der Waals surface area contributed by atoms with Crippen molar-refractivity contribution in [3.05, 3.63) is 76.9 Å². The summed E-state index contributed by atoms with van der Waals surface area (Å²) in [7, 11) is 0. The predicted octanol–water partition coefficient (Wildman–Crippen LogP) is 4.40. The van der Waals surface area contributed by atoms with E-state index in [0.717, 1.165) is 49.1 Å². The number of fused-ring (bicyclic) bond motifs is 1. The van der Waals surface area contributed by atoms with Gasteiger partial charge in [-0.2, -0.15) is 0 Å². The van der Waals surface area contributed by atoms with Crippen LogP contribution in [-0.2, 0) is 16.0 Å². The number of benzene rings is 2. The molecule has 0 saturated carbocycles. The highest BCUT2D eigenvalue weighted by Crippen LogP contribution is 2.36. The van der Waals surface area contributed by atoms with Crippen LogP contribution in [-0.4, -0.2) is 30.5 Å². The molecule has 0 aromatic heterocycles. The van der Waals surface area contributed by atoms with E-state index in [1.165, 1.54) is 11.1 Å². The predicted molar refractivity (Wildman–Crippen MR) is 104 cm³/mol. The Bertz CT molecular complexity index is 825. The van der Waals surface area contributed by atoms with Crippen LogP contribution in [0.5, 0.6) is 0 Å². The van der Waals surface area contributed by atoms with Gasteiger partial charge in [0.1, 0.15) is 6.10 Å². The first kappa shape index (κ1) is 17.0. The normalized spacial score (nSPS) is 20.1. The molecule has 0 spiro atoms. The van der Waals surface area contributed by atoms with Gasteiger partial charge in [-0.3, -0.25) is 4.90 Å². The highest BCUT2D eigenvalue weighted by Gasteiger charge is 2.30. The molecule has 1 aliphatic heterocycles. The summed E-state index contributed by atoms with van der Waals surface area (Å²) in [6.45, 7) is 4.76. The maximum Gasteiger partial charge on any atom is 0.336 e. The van der Waals surface area contributed by atoms with Gasteiger partial charge in [-0.15, -0.1) is 0 Å². The average Bonchev–Trinajstić information content (AvgIpc) is 3.11. The van der Waals surface area contributed by atoms with E-state index in [9.17, 15) is 4.79 Å². The summed E-state index contributed by atoms with van der Waals surface area (Å²) in [5.41, 5.74) is 5.59. The van der Waals surface area contributed by atoms with E-state index < -0.39 is 0 Å². The van der Waals surface area contributed by atoms with Crippen molar-refractivity contribution in [2.24, 2.45) is 0 Å². The number of ether oxygens (including phenoxy) is 1. The molecule has 0 amide bonds. The fourth-order valence-corrected chi connectivity index (χ4v) is 4.08. The van der Waals surface area contributed by atoms with E-state index in [4.69, 9.17) is 4.74 Å². The van der Waals surface area contributed by atoms with E-state index in [-0.39, 0.29) is 12.1 Å². The van der Waals surface area contributed by atoms with Crippen molar-refractivity contribution in [2.45, 2.75) is 32.3 Å². The smallest absolute Gasteiger partial charge is 0.336 e. The van der Waals surface area contributed by atoms with E-state index in [2.05, 4.69) is 42.2 Å². The summed E-state index contributed by atoms with van der Waals surface area (Å²) in [5.74, 6) is -0.149. The van der Waals surface area contributed by atoms with Gasteiger partial charge >= 0.3 is 5.97 Å². The van der Waals surface area contributed by atoms with E-state index in [1.54, 1.807) is 0 Å². The van der Waals surface area contributed by atoms with Crippen molar-refractivity contribution in [1.29, 1.82) is 0 Å². The molecule has 3 nitrogen and oxygen atoms in total. The number of hydrogen-bond acceptors (Lipinski definition) is 3. The van der Waals surface area contributed by atoms with Crippen LogP contribution in [0.3, 0.4) is 0 Å². The highest BCUT2D eigenvalue weighted by atomic mass is 16.5. The minimum atomic E-state index is -0.149.